The van der Waals surface area contributed by atoms with E-state index in [1.165, 1.54) is 28.0 Å². The number of thioether (sulfide) groups is 1. The van der Waals surface area contributed by atoms with Crippen molar-refractivity contribution in [1.29, 1.82) is 0 Å². The summed E-state index contributed by atoms with van der Waals surface area (Å²) in [6.07, 6.45) is 0.726. The zero-order valence-electron chi connectivity index (χ0n) is 21.7. The third-order valence-electron chi connectivity index (χ3n) is 6.85. The van der Waals surface area contributed by atoms with Gasteiger partial charge in [0.05, 0.1) is 18.7 Å². The zero-order valence-corrected chi connectivity index (χ0v) is 23.4. The molecule has 40 heavy (non-hydrogen) atoms. The van der Waals surface area contributed by atoms with Gasteiger partial charge in [-0.3, -0.25) is 14.5 Å². The third kappa shape index (κ3) is 4.84. The lowest BCUT2D eigenvalue weighted by Gasteiger charge is -2.22. The Morgan fingerprint density at radius 3 is 2.62 bits per heavy atom. The number of methoxy groups -OCH3 is 1. The smallest absolute Gasteiger partial charge is 0.301 e. The van der Waals surface area contributed by atoms with Gasteiger partial charge in [-0.1, -0.05) is 65.6 Å². The molecule has 10 heteroatoms. The minimum absolute atomic E-state index is 0.00392. The summed E-state index contributed by atoms with van der Waals surface area (Å²) in [5.74, 6) is 0.284. The second-order valence-electron chi connectivity index (χ2n) is 9.52. The van der Waals surface area contributed by atoms with E-state index in [9.17, 15) is 14.7 Å². The van der Waals surface area contributed by atoms with E-state index >= 15 is 0 Å². The average Bonchev–Trinajstić information content (AvgIpc) is 3.67. The van der Waals surface area contributed by atoms with Crippen molar-refractivity contribution in [2.24, 2.45) is 0 Å². The number of amides is 1. The highest BCUT2D eigenvalue weighted by Crippen LogP contribution is 2.45. The van der Waals surface area contributed by atoms with E-state index in [4.69, 9.17) is 9.47 Å². The number of aromatic nitrogens is 2. The monoisotopic (exact) mass is 571 g/mol. The highest BCUT2D eigenvalue weighted by atomic mass is 32.2. The summed E-state index contributed by atoms with van der Waals surface area (Å²) in [7, 11) is 1.56. The lowest BCUT2D eigenvalue weighted by molar-refractivity contribution is -0.132. The van der Waals surface area contributed by atoms with Crippen molar-refractivity contribution in [3.05, 3.63) is 101 Å². The summed E-state index contributed by atoms with van der Waals surface area (Å²) < 4.78 is 11.8. The Balaban J connectivity index is 1.40. The summed E-state index contributed by atoms with van der Waals surface area (Å²) in [4.78, 5) is 28.3. The number of rotatable bonds is 7. The SMILES string of the molecule is COc1ccc([C@@H]2/C(=C(\O)c3ccc4c(c3)C[C@@H](C)O4)C(=O)C(=O)N2c2nnc(SCc3ccccc3)s2)cc1. The van der Waals surface area contributed by atoms with Gasteiger partial charge >= 0.3 is 5.91 Å². The molecule has 0 aliphatic carbocycles. The number of aliphatic hydroxyl groups excluding tert-OH is 1. The molecule has 1 N–H and O–H groups in total. The molecule has 1 aromatic heterocycles. The van der Waals surface area contributed by atoms with Crippen LogP contribution in [-0.2, 0) is 21.8 Å². The van der Waals surface area contributed by atoms with E-state index in [0.29, 0.717) is 33.4 Å². The van der Waals surface area contributed by atoms with Crippen LogP contribution in [0.5, 0.6) is 11.5 Å². The second-order valence-corrected chi connectivity index (χ2v) is 11.7. The van der Waals surface area contributed by atoms with Gasteiger partial charge < -0.3 is 14.6 Å². The molecule has 2 aliphatic heterocycles. The Morgan fingerprint density at radius 2 is 1.88 bits per heavy atom. The molecule has 1 amide bonds. The molecule has 1 fully saturated rings. The van der Waals surface area contributed by atoms with E-state index in [1.807, 2.05) is 43.3 Å². The number of nitrogens with zero attached hydrogens (tertiary/aromatic N) is 3. The predicted molar refractivity (Wildman–Crippen MR) is 154 cm³/mol. The van der Waals surface area contributed by atoms with Gasteiger partial charge in [-0.25, -0.2) is 0 Å². The number of carbonyl (C=O) groups is 2. The van der Waals surface area contributed by atoms with Crippen molar-refractivity contribution in [3.8, 4) is 11.5 Å². The Bertz CT molecular complexity index is 1620. The second kappa shape index (κ2) is 10.8. The first-order chi connectivity index (χ1) is 19.4. The Kier molecular flexibility index (Phi) is 7.03. The molecule has 0 spiro atoms. The highest BCUT2D eigenvalue weighted by Gasteiger charge is 2.48. The molecular formula is C30H25N3O5S2. The van der Waals surface area contributed by atoms with E-state index < -0.39 is 17.7 Å². The van der Waals surface area contributed by atoms with Gasteiger partial charge in [0.1, 0.15) is 23.4 Å². The van der Waals surface area contributed by atoms with Crippen LogP contribution < -0.4 is 14.4 Å². The van der Waals surface area contributed by atoms with Crippen LogP contribution in [0.25, 0.3) is 5.76 Å². The molecule has 3 aromatic carbocycles. The fourth-order valence-electron chi connectivity index (χ4n) is 4.93. The summed E-state index contributed by atoms with van der Waals surface area (Å²) in [6.45, 7) is 1.98. The summed E-state index contributed by atoms with van der Waals surface area (Å²) in [5, 5.41) is 20.3. The molecule has 0 unspecified atom stereocenters. The number of Topliss-reactive ketones (excluding diaryl/α,β-unsaturated/α-hetero) is 1. The first-order valence-corrected chi connectivity index (χ1v) is 14.5. The van der Waals surface area contributed by atoms with Crippen molar-refractivity contribution < 1.29 is 24.2 Å². The van der Waals surface area contributed by atoms with Gasteiger partial charge in [-0.05, 0) is 53.9 Å². The van der Waals surface area contributed by atoms with Crippen LogP contribution in [-0.4, -0.2) is 40.2 Å². The van der Waals surface area contributed by atoms with Crippen LogP contribution in [0, 0.1) is 0 Å². The minimum Gasteiger partial charge on any atom is -0.507 e. The molecule has 3 heterocycles. The number of hydrogen-bond acceptors (Lipinski definition) is 9. The van der Waals surface area contributed by atoms with Gasteiger partial charge in [-0.2, -0.15) is 0 Å². The zero-order chi connectivity index (χ0) is 27.8. The maximum Gasteiger partial charge on any atom is 0.301 e. The van der Waals surface area contributed by atoms with Crippen molar-refractivity contribution >= 4 is 45.7 Å². The highest BCUT2D eigenvalue weighted by molar-refractivity contribution is 8.00. The van der Waals surface area contributed by atoms with Gasteiger partial charge in [0, 0.05) is 17.7 Å². The van der Waals surface area contributed by atoms with Crippen LogP contribution in [0.1, 0.15) is 35.2 Å². The quantitative estimate of drug-likeness (QED) is 0.0978. The van der Waals surface area contributed by atoms with Gasteiger partial charge in [-0.15, -0.1) is 10.2 Å². The standard InChI is InChI=1S/C30H25N3O5S2/c1-17-14-21-15-20(10-13-23(21)38-17)26(34)24-25(19-8-11-22(37-2)12-9-19)33(28(36)27(24)35)29-31-32-30(40-29)39-16-18-6-4-3-5-7-18/h3-13,15,17,25,34H,14,16H2,1-2H3/b26-24+/t17-,25-/m1/s1. The molecule has 6 rings (SSSR count). The molecule has 2 aliphatic rings. The largest absolute Gasteiger partial charge is 0.507 e. The van der Waals surface area contributed by atoms with E-state index in [1.54, 1.807) is 43.5 Å². The van der Waals surface area contributed by atoms with Gasteiger partial charge in [0.25, 0.3) is 5.78 Å². The fraction of sp³-hybridized carbons (Fsp3) is 0.200. The molecular weight excluding hydrogens is 546 g/mol. The van der Waals surface area contributed by atoms with Crippen LogP contribution in [0.2, 0.25) is 0 Å². The van der Waals surface area contributed by atoms with Gasteiger partial charge in [0.2, 0.25) is 5.13 Å². The lowest BCUT2D eigenvalue weighted by Crippen LogP contribution is -2.29. The molecule has 0 radical (unpaired) electrons. The first-order valence-electron chi connectivity index (χ1n) is 12.7. The molecule has 0 saturated carbocycles. The Labute approximate surface area is 239 Å². The molecule has 2 atom stereocenters. The van der Waals surface area contributed by atoms with Crippen LogP contribution >= 0.6 is 23.1 Å². The number of aliphatic hydroxyl groups is 1. The number of fused-ring (bicyclic) bond motifs is 1. The maximum atomic E-state index is 13.5. The van der Waals surface area contributed by atoms with Crippen molar-refractivity contribution in [2.75, 3.05) is 12.0 Å². The number of hydrogen-bond donors (Lipinski definition) is 1. The normalized spacial score (nSPS) is 19.5. The maximum absolute atomic E-state index is 13.5. The van der Waals surface area contributed by atoms with Crippen LogP contribution in [0.15, 0.2) is 82.7 Å². The Morgan fingerprint density at radius 1 is 1.10 bits per heavy atom. The average molecular weight is 572 g/mol. The van der Waals surface area contributed by atoms with E-state index in [0.717, 1.165) is 16.9 Å². The summed E-state index contributed by atoms with van der Waals surface area (Å²) in [5.41, 5.74) is 3.15. The Hall–Kier alpha value is -4.15. The van der Waals surface area contributed by atoms with Crippen molar-refractivity contribution in [2.45, 2.75) is 35.6 Å². The minimum atomic E-state index is -0.894. The number of anilines is 1. The van der Waals surface area contributed by atoms with Crippen LogP contribution in [0.3, 0.4) is 0 Å². The number of benzene rings is 3. The van der Waals surface area contributed by atoms with Crippen LogP contribution in [0.4, 0.5) is 5.13 Å². The van der Waals surface area contributed by atoms with Gasteiger partial charge in [0.15, 0.2) is 4.34 Å². The predicted octanol–water partition coefficient (Wildman–Crippen LogP) is 5.79. The fourth-order valence-corrected chi connectivity index (χ4v) is 6.76. The number of carbonyl (C=O) groups excluding carboxylic acids is 2. The number of ketones is 1. The van der Waals surface area contributed by atoms with E-state index in [-0.39, 0.29) is 22.6 Å². The molecule has 1 saturated heterocycles. The molecule has 202 valence electrons. The summed E-state index contributed by atoms with van der Waals surface area (Å²) in [6, 6.07) is 21.5. The topological polar surface area (TPSA) is 102 Å². The molecule has 0 bridgehead atoms. The van der Waals surface area contributed by atoms with E-state index in [2.05, 4.69) is 10.2 Å². The molecule has 4 aromatic rings. The summed E-state index contributed by atoms with van der Waals surface area (Å²) >= 11 is 2.74. The number of ether oxygens (including phenoxy) is 2. The molecule has 8 nitrogen and oxygen atoms in total. The van der Waals surface area contributed by atoms with Crippen molar-refractivity contribution in [1.82, 2.24) is 10.2 Å². The first kappa shape index (κ1) is 26.1. The third-order valence-corrected chi connectivity index (χ3v) is 8.98. The van der Waals surface area contributed by atoms with Crippen molar-refractivity contribution in [3.63, 3.8) is 0 Å². The lowest BCUT2D eigenvalue weighted by atomic mass is 9.94.